The van der Waals surface area contributed by atoms with Crippen LogP contribution in [0.25, 0.3) is 0 Å². The second kappa shape index (κ2) is 5.11. The van der Waals surface area contributed by atoms with Gasteiger partial charge in [0.15, 0.2) is 0 Å². The Morgan fingerprint density at radius 2 is 1.84 bits per heavy atom. The van der Waals surface area contributed by atoms with Crippen LogP contribution in [0.4, 0.5) is 5.69 Å². The molecule has 0 aliphatic heterocycles. The summed E-state index contributed by atoms with van der Waals surface area (Å²) in [6, 6.07) is 6.85. The van der Waals surface area contributed by atoms with Crippen molar-refractivity contribution in [3.05, 3.63) is 24.3 Å². The van der Waals surface area contributed by atoms with E-state index in [0.29, 0.717) is 11.4 Å². The van der Waals surface area contributed by atoms with Crippen LogP contribution in [-0.4, -0.2) is 38.9 Å². The Balaban J connectivity index is 2.15. The number of hydrogen-bond acceptors (Lipinski definition) is 4. The topological polar surface area (TPSA) is 75.4 Å². The van der Waals surface area contributed by atoms with E-state index in [0.717, 1.165) is 18.5 Å². The summed E-state index contributed by atoms with van der Waals surface area (Å²) in [7, 11) is -0.300. The lowest BCUT2D eigenvalue weighted by Gasteiger charge is -2.42. The van der Waals surface area contributed by atoms with Crippen LogP contribution in [0.2, 0.25) is 0 Å². The summed E-state index contributed by atoms with van der Waals surface area (Å²) < 4.78 is 25.1. The Bertz CT molecular complexity index is 528. The van der Waals surface area contributed by atoms with E-state index in [1.807, 2.05) is 0 Å². The lowest BCUT2D eigenvalue weighted by molar-refractivity contribution is 0.287. The van der Waals surface area contributed by atoms with Crippen molar-refractivity contribution in [1.82, 2.24) is 4.31 Å². The standard InChI is InChI=1S/C13H21N3O2S/c1-16(2)19(17,18)12-6-4-11(5-7-12)15-13(10-14)8-3-9-13/h4-7,15H,3,8-10,14H2,1-2H3. The van der Waals surface area contributed by atoms with Crippen molar-refractivity contribution < 1.29 is 8.42 Å². The van der Waals surface area contributed by atoms with Gasteiger partial charge in [-0.3, -0.25) is 0 Å². The number of nitrogens with two attached hydrogens (primary N) is 1. The highest BCUT2D eigenvalue weighted by Crippen LogP contribution is 2.34. The lowest BCUT2D eigenvalue weighted by atomic mass is 9.76. The molecule has 5 nitrogen and oxygen atoms in total. The molecule has 0 radical (unpaired) electrons. The zero-order valence-electron chi connectivity index (χ0n) is 11.4. The molecule has 1 aromatic carbocycles. The number of nitrogens with zero attached hydrogens (tertiary/aromatic N) is 1. The minimum atomic E-state index is -3.35. The van der Waals surface area contributed by atoms with E-state index in [1.165, 1.54) is 24.8 Å². The first kappa shape index (κ1) is 14.3. The fraction of sp³-hybridized carbons (Fsp3) is 0.538. The van der Waals surface area contributed by atoms with Crippen molar-refractivity contribution >= 4 is 15.7 Å². The molecule has 106 valence electrons. The third-order valence-corrected chi connectivity index (χ3v) is 5.57. The number of hydrogen-bond donors (Lipinski definition) is 2. The highest BCUT2D eigenvalue weighted by Gasteiger charge is 2.35. The maximum absolute atomic E-state index is 11.9. The van der Waals surface area contributed by atoms with Gasteiger partial charge in [0.05, 0.1) is 4.90 Å². The van der Waals surface area contributed by atoms with Crippen LogP contribution in [0.1, 0.15) is 19.3 Å². The van der Waals surface area contributed by atoms with Gasteiger partial charge in [0.1, 0.15) is 0 Å². The Kier molecular flexibility index (Phi) is 3.85. The Labute approximate surface area is 114 Å². The molecule has 0 amide bonds. The molecule has 1 saturated carbocycles. The SMILES string of the molecule is CN(C)S(=O)(=O)c1ccc(NC2(CN)CCC2)cc1. The highest BCUT2D eigenvalue weighted by molar-refractivity contribution is 7.89. The van der Waals surface area contributed by atoms with E-state index in [1.54, 1.807) is 24.3 Å². The van der Waals surface area contributed by atoms with Crippen molar-refractivity contribution in [2.45, 2.75) is 29.7 Å². The largest absolute Gasteiger partial charge is 0.378 e. The van der Waals surface area contributed by atoms with E-state index in [9.17, 15) is 8.42 Å². The zero-order chi connectivity index (χ0) is 14.1. The van der Waals surface area contributed by atoms with Crippen molar-refractivity contribution in [2.24, 2.45) is 5.73 Å². The van der Waals surface area contributed by atoms with Gasteiger partial charge in [0.2, 0.25) is 10.0 Å². The van der Waals surface area contributed by atoms with Crippen LogP contribution in [0.15, 0.2) is 29.2 Å². The molecule has 0 saturated heterocycles. The van der Waals surface area contributed by atoms with Gasteiger partial charge in [-0.25, -0.2) is 12.7 Å². The molecule has 1 fully saturated rings. The van der Waals surface area contributed by atoms with Gasteiger partial charge in [-0.05, 0) is 43.5 Å². The van der Waals surface area contributed by atoms with Crippen LogP contribution in [0.3, 0.4) is 0 Å². The second-order valence-electron chi connectivity index (χ2n) is 5.27. The van der Waals surface area contributed by atoms with E-state index >= 15 is 0 Å². The van der Waals surface area contributed by atoms with Crippen molar-refractivity contribution in [2.75, 3.05) is 26.0 Å². The number of nitrogens with one attached hydrogen (secondary N) is 1. The molecule has 1 aliphatic rings. The average Bonchev–Trinajstić information content (AvgIpc) is 2.34. The first-order valence-corrected chi connectivity index (χ1v) is 7.84. The maximum Gasteiger partial charge on any atom is 0.242 e. The van der Waals surface area contributed by atoms with Gasteiger partial charge in [-0.1, -0.05) is 0 Å². The highest BCUT2D eigenvalue weighted by atomic mass is 32.2. The summed E-state index contributed by atoms with van der Waals surface area (Å²) in [6.45, 7) is 0.602. The third kappa shape index (κ3) is 2.75. The summed E-state index contributed by atoms with van der Waals surface area (Å²) >= 11 is 0. The molecule has 0 spiro atoms. The lowest BCUT2D eigenvalue weighted by Crippen LogP contribution is -2.51. The monoisotopic (exact) mass is 283 g/mol. The summed E-state index contributed by atoms with van der Waals surface area (Å²) in [5.74, 6) is 0. The fourth-order valence-corrected chi connectivity index (χ4v) is 3.11. The molecule has 2 rings (SSSR count). The van der Waals surface area contributed by atoms with Crippen LogP contribution < -0.4 is 11.1 Å². The summed E-state index contributed by atoms with van der Waals surface area (Å²) in [5.41, 5.74) is 6.71. The molecule has 1 aliphatic carbocycles. The Morgan fingerprint density at radius 3 is 2.21 bits per heavy atom. The molecular weight excluding hydrogens is 262 g/mol. The van der Waals surface area contributed by atoms with E-state index in [4.69, 9.17) is 5.73 Å². The maximum atomic E-state index is 11.9. The minimum absolute atomic E-state index is 0.00192. The number of sulfonamides is 1. The molecule has 1 aromatic rings. The molecule has 0 unspecified atom stereocenters. The minimum Gasteiger partial charge on any atom is -0.378 e. The average molecular weight is 283 g/mol. The number of benzene rings is 1. The van der Waals surface area contributed by atoms with Gasteiger partial charge in [-0.2, -0.15) is 0 Å². The molecule has 6 heteroatoms. The predicted octanol–water partition coefficient (Wildman–Crippen LogP) is 1.23. The van der Waals surface area contributed by atoms with Gasteiger partial charge in [0.25, 0.3) is 0 Å². The van der Waals surface area contributed by atoms with Crippen LogP contribution in [-0.2, 0) is 10.0 Å². The van der Waals surface area contributed by atoms with Gasteiger partial charge < -0.3 is 11.1 Å². The van der Waals surface area contributed by atoms with Gasteiger partial charge >= 0.3 is 0 Å². The molecule has 0 aromatic heterocycles. The van der Waals surface area contributed by atoms with Crippen LogP contribution in [0, 0.1) is 0 Å². The Morgan fingerprint density at radius 1 is 1.26 bits per heavy atom. The summed E-state index contributed by atoms with van der Waals surface area (Å²) in [5, 5.41) is 3.42. The molecule has 0 heterocycles. The molecule has 0 atom stereocenters. The van der Waals surface area contributed by atoms with Crippen LogP contribution >= 0.6 is 0 Å². The van der Waals surface area contributed by atoms with Crippen molar-refractivity contribution in [1.29, 1.82) is 0 Å². The van der Waals surface area contributed by atoms with Crippen molar-refractivity contribution in [3.63, 3.8) is 0 Å². The quantitative estimate of drug-likeness (QED) is 0.852. The van der Waals surface area contributed by atoms with Gasteiger partial charge in [-0.15, -0.1) is 0 Å². The number of anilines is 1. The third-order valence-electron chi connectivity index (χ3n) is 3.74. The second-order valence-corrected chi connectivity index (χ2v) is 7.43. The molecule has 3 N–H and O–H groups in total. The van der Waals surface area contributed by atoms with Gasteiger partial charge in [0, 0.05) is 31.9 Å². The Hall–Kier alpha value is -1.11. The first-order chi connectivity index (χ1) is 8.89. The smallest absolute Gasteiger partial charge is 0.242 e. The first-order valence-electron chi connectivity index (χ1n) is 6.40. The van der Waals surface area contributed by atoms with E-state index in [2.05, 4.69) is 5.32 Å². The van der Waals surface area contributed by atoms with E-state index in [-0.39, 0.29) is 5.54 Å². The van der Waals surface area contributed by atoms with Crippen LogP contribution in [0.5, 0.6) is 0 Å². The number of rotatable bonds is 5. The van der Waals surface area contributed by atoms with Crippen molar-refractivity contribution in [3.8, 4) is 0 Å². The zero-order valence-corrected chi connectivity index (χ0v) is 12.2. The normalized spacial score (nSPS) is 18.1. The summed E-state index contributed by atoms with van der Waals surface area (Å²) in [4.78, 5) is 0.304. The molecule has 0 bridgehead atoms. The molecular formula is C13H21N3O2S. The molecule has 19 heavy (non-hydrogen) atoms. The summed E-state index contributed by atoms with van der Waals surface area (Å²) in [6.07, 6.45) is 3.33. The fourth-order valence-electron chi connectivity index (χ4n) is 2.21. The predicted molar refractivity (Wildman–Crippen MR) is 76.6 cm³/mol. The van der Waals surface area contributed by atoms with E-state index < -0.39 is 10.0 Å².